The lowest BCUT2D eigenvalue weighted by molar-refractivity contribution is -0.118. The third kappa shape index (κ3) is 3.73. The first kappa shape index (κ1) is 19.5. The second kappa shape index (κ2) is 7.53. The zero-order valence-electron chi connectivity index (χ0n) is 16.3. The normalized spacial score (nSPS) is 21.2. The molecule has 0 aliphatic carbocycles. The smallest absolute Gasteiger partial charge is 0.291 e. The molecule has 0 fully saturated rings. The van der Waals surface area contributed by atoms with Gasteiger partial charge in [0, 0.05) is 12.5 Å². The molecule has 3 heterocycles. The summed E-state index contributed by atoms with van der Waals surface area (Å²) in [6.07, 6.45) is 3.20. The van der Waals surface area contributed by atoms with Crippen molar-refractivity contribution in [2.45, 2.75) is 58.0 Å². The maximum Gasteiger partial charge on any atom is 0.291 e. The van der Waals surface area contributed by atoms with Gasteiger partial charge in [-0.1, -0.05) is 13.8 Å². The maximum atomic E-state index is 14.0. The predicted molar refractivity (Wildman–Crippen MR) is 101 cm³/mol. The summed E-state index contributed by atoms with van der Waals surface area (Å²) in [6.45, 7) is 4.22. The summed E-state index contributed by atoms with van der Waals surface area (Å²) in [7, 11) is 0. The second-order valence-electron chi connectivity index (χ2n) is 7.98. The van der Waals surface area contributed by atoms with E-state index < -0.39 is 29.5 Å². The Morgan fingerprint density at radius 3 is 2.83 bits per heavy atom. The first-order valence-corrected chi connectivity index (χ1v) is 9.88. The summed E-state index contributed by atoms with van der Waals surface area (Å²) >= 11 is 0. The Bertz CT molecular complexity index is 972. The van der Waals surface area contributed by atoms with E-state index >= 15 is 0 Å². The number of aromatic nitrogens is 3. The van der Waals surface area contributed by atoms with Crippen LogP contribution in [0.5, 0.6) is 0 Å². The van der Waals surface area contributed by atoms with Crippen LogP contribution in [0.15, 0.2) is 12.1 Å². The second-order valence-corrected chi connectivity index (χ2v) is 7.98. The van der Waals surface area contributed by atoms with E-state index in [9.17, 15) is 18.4 Å². The molecular weight excluding hydrogens is 380 g/mol. The SMILES string of the molecule is CC(C)[C@@H]1CCCc2nc(C(=O)N[C@H]3CCc4cc(F)cc(F)c4NC3=O)nn21. The predicted octanol–water partition coefficient (Wildman–Crippen LogP) is 2.77. The van der Waals surface area contributed by atoms with Crippen molar-refractivity contribution in [2.75, 3.05) is 5.32 Å². The van der Waals surface area contributed by atoms with Crippen LogP contribution >= 0.6 is 0 Å². The highest BCUT2D eigenvalue weighted by Gasteiger charge is 2.31. The van der Waals surface area contributed by atoms with Gasteiger partial charge in [0.1, 0.15) is 23.5 Å². The lowest BCUT2D eigenvalue weighted by Crippen LogP contribution is -2.43. The lowest BCUT2D eigenvalue weighted by Gasteiger charge is -2.26. The third-order valence-corrected chi connectivity index (χ3v) is 5.60. The van der Waals surface area contributed by atoms with E-state index in [0.29, 0.717) is 11.5 Å². The molecule has 2 aliphatic rings. The van der Waals surface area contributed by atoms with Gasteiger partial charge in [-0.15, -0.1) is 5.10 Å². The van der Waals surface area contributed by atoms with E-state index in [2.05, 4.69) is 34.6 Å². The minimum Gasteiger partial charge on any atom is -0.337 e. The van der Waals surface area contributed by atoms with Gasteiger partial charge in [0.15, 0.2) is 0 Å². The Kier molecular flexibility index (Phi) is 5.06. The van der Waals surface area contributed by atoms with Crippen LogP contribution in [-0.4, -0.2) is 32.6 Å². The molecule has 9 heteroatoms. The minimum atomic E-state index is -0.890. The van der Waals surface area contributed by atoms with Crippen LogP contribution in [0.2, 0.25) is 0 Å². The zero-order valence-corrected chi connectivity index (χ0v) is 16.3. The Balaban J connectivity index is 1.51. The van der Waals surface area contributed by atoms with Gasteiger partial charge in [0.2, 0.25) is 11.7 Å². The highest BCUT2D eigenvalue weighted by atomic mass is 19.1. The number of hydrogen-bond acceptors (Lipinski definition) is 4. The van der Waals surface area contributed by atoms with Gasteiger partial charge in [0.25, 0.3) is 5.91 Å². The molecule has 0 spiro atoms. The first-order valence-electron chi connectivity index (χ1n) is 9.88. The number of fused-ring (bicyclic) bond motifs is 2. The largest absolute Gasteiger partial charge is 0.337 e. The number of benzene rings is 1. The Morgan fingerprint density at radius 1 is 1.28 bits per heavy atom. The Hall–Kier alpha value is -2.84. The van der Waals surface area contributed by atoms with E-state index in [1.807, 2.05) is 4.68 Å². The number of amides is 2. The molecule has 0 bridgehead atoms. The van der Waals surface area contributed by atoms with Crippen molar-refractivity contribution in [3.63, 3.8) is 0 Å². The standard InChI is InChI=1S/C20H23F2N5O2/c1-10(2)15-4-3-5-16-24-18(26-27(15)16)20(29)23-14-7-6-11-8-12(21)9-13(22)17(11)25-19(14)28/h8-10,14-15H,3-7H2,1-2H3,(H,23,29)(H,25,28)/t14-,15-/m0/s1. The van der Waals surface area contributed by atoms with Crippen molar-refractivity contribution >= 4 is 17.5 Å². The van der Waals surface area contributed by atoms with Crippen LogP contribution in [0.25, 0.3) is 0 Å². The monoisotopic (exact) mass is 403 g/mol. The lowest BCUT2D eigenvalue weighted by atomic mass is 9.95. The zero-order chi connectivity index (χ0) is 20.7. The molecule has 2 aliphatic heterocycles. The van der Waals surface area contributed by atoms with Crippen molar-refractivity contribution in [3.05, 3.63) is 41.0 Å². The van der Waals surface area contributed by atoms with E-state index in [-0.39, 0.29) is 30.4 Å². The summed E-state index contributed by atoms with van der Waals surface area (Å²) in [5.41, 5.74) is 0.325. The first-order chi connectivity index (χ1) is 13.8. The number of nitrogens with one attached hydrogen (secondary N) is 2. The van der Waals surface area contributed by atoms with Crippen LogP contribution in [0.4, 0.5) is 14.5 Å². The van der Waals surface area contributed by atoms with Crippen molar-refractivity contribution < 1.29 is 18.4 Å². The molecule has 2 atom stereocenters. The topological polar surface area (TPSA) is 88.9 Å². The van der Waals surface area contributed by atoms with Crippen LogP contribution in [0.3, 0.4) is 0 Å². The van der Waals surface area contributed by atoms with Crippen molar-refractivity contribution in [2.24, 2.45) is 5.92 Å². The van der Waals surface area contributed by atoms with Crippen molar-refractivity contribution in [1.82, 2.24) is 20.1 Å². The highest BCUT2D eigenvalue weighted by molar-refractivity contribution is 6.00. The fourth-order valence-corrected chi connectivity index (χ4v) is 4.06. The molecule has 0 saturated heterocycles. The molecule has 2 N–H and O–H groups in total. The molecule has 154 valence electrons. The third-order valence-electron chi connectivity index (χ3n) is 5.60. The molecule has 29 heavy (non-hydrogen) atoms. The average molecular weight is 403 g/mol. The quantitative estimate of drug-likeness (QED) is 0.825. The van der Waals surface area contributed by atoms with E-state index in [1.165, 1.54) is 6.07 Å². The number of nitrogens with zero attached hydrogens (tertiary/aromatic N) is 3. The van der Waals surface area contributed by atoms with E-state index in [0.717, 1.165) is 31.2 Å². The average Bonchev–Trinajstić information content (AvgIpc) is 3.04. The van der Waals surface area contributed by atoms with Crippen molar-refractivity contribution in [3.8, 4) is 0 Å². The highest BCUT2D eigenvalue weighted by Crippen LogP contribution is 2.29. The number of halogens is 2. The van der Waals surface area contributed by atoms with Crippen molar-refractivity contribution in [1.29, 1.82) is 0 Å². The fourth-order valence-electron chi connectivity index (χ4n) is 4.06. The van der Waals surface area contributed by atoms with Crippen LogP contribution in [0.1, 0.15) is 61.2 Å². The summed E-state index contributed by atoms with van der Waals surface area (Å²) in [5.74, 6) is -1.46. The minimum absolute atomic E-state index is 0.0272. The molecule has 0 unspecified atom stereocenters. The number of carbonyl (C=O) groups excluding carboxylic acids is 2. The Morgan fingerprint density at radius 2 is 2.07 bits per heavy atom. The molecule has 4 rings (SSSR count). The van der Waals surface area contributed by atoms with E-state index in [1.54, 1.807) is 0 Å². The van der Waals surface area contributed by atoms with Gasteiger partial charge in [-0.3, -0.25) is 9.59 Å². The number of anilines is 1. The van der Waals surface area contributed by atoms with Crippen LogP contribution in [-0.2, 0) is 17.6 Å². The summed E-state index contributed by atoms with van der Waals surface area (Å²) in [5, 5.41) is 9.48. The maximum absolute atomic E-state index is 14.0. The van der Waals surface area contributed by atoms with Gasteiger partial charge in [-0.25, -0.2) is 18.4 Å². The molecule has 2 aromatic rings. The van der Waals surface area contributed by atoms with Crippen LogP contribution < -0.4 is 10.6 Å². The number of carbonyl (C=O) groups is 2. The molecule has 1 aromatic carbocycles. The molecule has 7 nitrogen and oxygen atoms in total. The fraction of sp³-hybridized carbons (Fsp3) is 0.500. The van der Waals surface area contributed by atoms with Gasteiger partial charge in [0.05, 0.1) is 11.7 Å². The number of rotatable bonds is 3. The van der Waals surface area contributed by atoms with Gasteiger partial charge >= 0.3 is 0 Å². The molecule has 0 saturated carbocycles. The number of aryl methyl sites for hydroxylation is 2. The summed E-state index contributed by atoms with van der Waals surface area (Å²) in [6, 6.07) is 1.22. The van der Waals surface area contributed by atoms with Gasteiger partial charge in [-0.05, 0) is 43.2 Å². The summed E-state index contributed by atoms with van der Waals surface area (Å²) in [4.78, 5) is 29.5. The molecular formula is C20H23F2N5O2. The molecule has 2 amide bonds. The van der Waals surface area contributed by atoms with Gasteiger partial charge < -0.3 is 10.6 Å². The summed E-state index contributed by atoms with van der Waals surface area (Å²) < 4.78 is 29.3. The molecule has 0 radical (unpaired) electrons. The Labute approximate surface area is 166 Å². The molecule has 1 aromatic heterocycles. The number of hydrogen-bond donors (Lipinski definition) is 2. The van der Waals surface area contributed by atoms with Crippen LogP contribution in [0, 0.1) is 17.6 Å². The van der Waals surface area contributed by atoms with Gasteiger partial charge in [-0.2, -0.15) is 0 Å². The van der Waals surface area contributed by atoms with E-state index in [4.69, 9.17) is 0 Å².